The first-order valence-electron chi connectivity index (χ1n) is 9.42. The second kappa shape index (κ2) is 7.88. The second-order valence-corrected chi connectivity index (χ2v) is 8.88. The number of hydrogen-bond donors (Lipinski definition) is 1. The van der Waals surface area contributed by atoms with E-state index < -0.39 is 15.6 Å². The molecule has 8 heteroatoms. The maximum absolute atomic E-state index is 12.6. The predicted molar refractivity (Wildman–Crippen MR) is 111 cm³/mol. The van der Waals surface area contributed by atoms with Crippen LogP contribution in [0.5, 0.6) is 5.75 Å². The first-order chi connectivity index (χ1) is 14.0. The molecule has 1 aliphatic rings. The molecule has 3 aromatic rings. The highest BCUT2D eigenvalue weighted by atomic mass is 32.2. The van der Waals surface area contributed by atoms with Gasteiger partial charge in [0.05, 0.1) is 12.0 Å². The molecule has 4 rings (SSSR count). The lowest BCUT2D eigenvalue weighted by atomic mass is 10.1. The van der Waals surface area contributed by atoms with Crippen molar-refractivity contribution in [1.29, 1.82) is 0 Å². The fourth-order valence-electron chi connectivity index (χ4n) is 3.50. The van der Waals surface area contributed by atoms with Crippen molar-refractivity contribution in [2.45, 2.75) is 24.3 Å². The lowest BCUT2D eigenvalue weighted by Crippen LogP contribution is -2.27. The highest BCUT2D eigenvalue weighted by molar-refractivity contribution is 7.89. The topological polar surface area (TPSA) is 88.9 Å². The Morgan fingerprint density at radius 3 is 2.48 bits per heavy atom. The van der Waals surface area contributed by atoms with Crippen LogP contribution in [-0.2, 0) is 16.6 Å². The molecule has 0 amide bonds. The highest BCUT2D eigenvalue weighted by Crippen LogP contribution is 2.25. The van der Waals surface area contributed by atoms with Gasteiger partial charge in [-0.25, -0.2) is 13.2 Å². The average Bonchev–Trinajstić information content (AvgIpc) is 3.27. The Kier molecular flexibility index (Phi) is 5.29. The number of hydrogen-bond acceptors (Lipinski definition) is 6. The number of nitrogens with zero attached hydrogens (tertiary/aromatic N) is 1. The number of sulfonamides is 1. The quantitative estimate of drug-likeness (QED) is 0.623. The van der Waals surface area contributed by atoms with E-state index in [9.17, 15) is 13.2 Å². The van der Waals surface area contributed by atoms with Crippen molar-refractivity contribution in [1.82, 2.24) is 4.31 Å². The van der Waals surface area contributed by atoms with Crippen LogP contribution in [0.1, 0.15) is 18.4 Å². The lowest BCUT2D eigenvalue weighted by Gasteiger charge is -2.16. The van der Waals surface area contributed by atoms with E-state index in [2.05, 4.69) is 5.32 Å². The minimum Gasteiger partial charge on any atom is -0.497 e. The third kappa shape index (κ3) is 3.99. The number of nitrogens with one attached hydrogen (secondary N) is 1. The molecule has 1 aromatic heterocycles. The maximum atomic E-state index is 12.6. The van der Waals surface area contributed by atoms with Gasteiger partial charge in [-0.05, 0) is 54.8 Å². The van der Waals surface area contributed by atoms with Crippen LogP contribution >= 0.6 is 0 Å². The molecule has 0 atom stereocenters. The summed E-state index contributed by atoms with van der Waals surface area (Å²) < 4.78 is 37.2. The van der Waals surface area contributed by atoms with Gasteiger partial charge >= 0.3 is 5.63 Å². The van der Waals surface area contributed by atoms with Gasteiger partial charge < -0.3 is 14.5 Å². The van der Waals surface area contributed by atoms with Crippen molar-refractivity contribution < 1.29 is 17.6 Å². The van der Waals surface area contributed by atoms with E-state index in [1.54, 1.807) is 37.4 Å². The van der Waals surface area contributed by atoms with Crippen molar-refractivity contribution in [2.75, 3.05) is 25.5 Å². The zero-order valence-corrected chi connectivity index (χ0v) is 16.9. The summed E-state index contributed by atoms with van der Waals surface area (Å²) in [7, 11) is -1.87. The summed E-state index contributed by atoms with van der Waals surface area (Å²) >= 11 is 0. The van der Waals surface area contributed by atoms with Crippen molar-refractivity contribution in [2.24, 2.45) is 0 Å². The zero-order valence-electron chi connectivity index (χ0n) is 16.1. The Balaban J connectivity index is 1.53. The van der Waals surface area contributed by atoms with Crippen LogP contribution in [-0.4, -0.2) is 32.9 Å². The van der Waals surface area contributed by atoms with Gasteiger partial charge in [-0.2, -0.15) is 4.31 Å². The monoisotopic (exact) mass is 414 g/mol. The van der Waals surface area contributed by atoms with E-state index in [0.717, 1.165) is 29.5 Å². The molecule has 7 nitrogen and oxygen atoms in total. The first kappa shape index (κ1) is 19.5. The fourth-order valence-corrected chi connectivity index (χ4v) is 5.02. The van der Waals surface area contributed by atoms with E-state index in [4.69, 9.17) is 9.15 Å². The zero-order chi connectivity index (χ0) is 20.4. The Morgan fingerprint density at radius 1 is 1.07 bits per heavy atom. The van der Waals surface area contributed by atoms with Gasteiger partial charge in [0.15, 0.2) is 0 Å². The first-order valence-corrected chi connectivity index (χ1v) is 10.9. The van der Waals surface area contributed by atoms with Crippen LogP contribution in [0, 0.1) is 0 Å². The van der Waals surface area contributed by atoms with E-state index >= 15 is 0 Å². The Labute approximate surface area is 169 Å². The van der Waals surface area contributed by atoms with E-state index in [1.807, 2.05) is 12.1 Å². The molecule has 0 radical (unpaired) electrons. The molecule has 0 saturated carbocycles. The van der Waals surface area contributed by atoms with Crippen molar-refractivity contribution in [3.8, 4) is 5.75 Å². The minimum absolute atomic E-state index is 0.294. The molecule has 1 saturated heterocycles. The van der Waals surface area contributed by atoms with E-state index in [-0.39, 0.29) is 0 Å². The molecule has 29 heavy (non-hydrogen) atoms. The molecule has 2 aromatic carbocycles. The van der Waals surface area contributed by atoms with Gasteiger partial charge in [0.1, 0.15) is 11.3 Å². The number of anilines is 1. The van der Waals surface area contributed by atoms with E-state index in [0.29, 0.717) is 35.9 Å². The molecule has 0 spiro atoms. The Morgan fingerprint density at radius 2 is 1.79 bits per heavy atom. The molecule has 152 valence electrons. The molecule has 0 unspecified atom stereocenters. The smallest absolute Gasteiger partial charge is 0.336 e. The largest absolute Gasteiger partial charge is 0.497 e. The summed E-state index contributed by atoms with van der Waals surface area (Å²) in [6.45, 7) is 1.56. The van der Waals surface area contributed by atoms with Crippen LogP contribution in [0.3, 0.4) is 0 Å². The number of rotatable bonds is 6. The van der Waals surface area contributed by atoms with E-state index in [1.165, 1.54) is 10.4 Å². The average molecular weight is 414 g/mol. The standard InChI is InChI=1S/C21H22N2O5S/c1-27-17-6-9-19-15(12-21(24)28-20(19)13-17)14-22-16-4-7-18(8-5-16)29(25,26)23-10-2-3-11-23/h4-9,12-13,22H,2-3,10-11,14H2,1H3. The summed E-state index contributed by atoms with van der Waals surface area (Å²) in [5, 5.41) is 4.05. The highest BCUT2D eigenvalue weighted by Gasteiger charge is 2.26. The number of benzene rings is 2. The number of fused-ring (bicyclic) bond motifs is 1. The summed E-state index contributed by atoms with van der Waals surface area (Å²) in [4.78, 5) is 12.2. The third-order valence-electron chi connectivity index (χ3n) is 5.08. The molecule has 1 fully saturated rings. The molecule has 0 bridgehead atoms. The third-order valence-corrected chi connectivity index (χ3v) is 6.99. The summed E-state index contributed by atoms with van der Waals surface area (Å²) in [6, 6.07) is 13.5. The molecule has 0 aliphatic carbocycles. The van der Waals surface area contributed by atoms with Crippen molar-refractivity contribution in [3.63, 3.8) is 0 Å². The van der Waals surface area contributed by atoms with Crippen molar-refractivity contribution in [3.05, 3.63) is 64.5 Å². The number of ether oxygens (including phenoxy) is 1. The fraction of sp³-hybridized carbons (Fsp3) is 0.286. The van der Waals surface area contributed by atoms with Crippen LogP contribution in [0.4, 0.5) is 5.69 Å². The molecule has 1 N–H and O–H groups in total. The molecule has 2 heterocycles. The van der Waals surface area contributed by atoms with Gasteiger partial charge in [-0.3, -0.25) is 0 Å². The van der Waals surface area contributed by atoms with Gasteiger partial charge in [-0.1, -0.05) is 0 Å². The normalized spacial score (nSPS) is 14.9. The van der Waals surface area contributed by atoms with Gasteiger partial charge in [0.25, 0.3) is 0 Å². The number of methoxy groups -OCH3 is 1. The summed E-state index contributed by atoms with van der Waals surface area (Å²) in [5.41, 5.74) is 1.57. The molecular formula is C21H22N2O5S. The van der Waals surface area contributed by atoms with Crippen LogP contribution in [0.2, 0.25) is 0 Å². The van der Waals surface area contributed by atoms with Gasteiger partial charge in [0, 0.05) is 42.8 Å². The lowest BCUT2D eigenvalue weighted by molar-refractivity contribution is 0.414. The van der Waals surface area contributed by atoms with Crippen LogP contribution in [0.15, 0.2) is 62.6 Å². The maximum Gasteiger partial charge on any atom is 0.336 e. The SMILES string of the molecule is COc1ccc2c(CNc3ccc(S(=O)(=O)N4CCCC4)cc3)cc(=O)oc2c1. The van der Waals surface area contributed by atoms with Crippen molar-refractivity contribution >= 4 is 26.7 Å². The Bertz CT molecular complexity index is 1180. The minimum atomic E-state index is -3.42. The summed E-state index contributed by atoms with van der Waals surface area (Å²) in [5.74, 6) is 0.612. The summed E-state index contributed by atoms with van der Waals surface area (Å²) in [6.07, 6.45) is 1.81. The predicted octanol–water partition coefficient (Wildman–Crippen LogP) is 3.20. The molecule has 1 aliphatic heterocycles. The molecular weight excluding hydrogens is 392 g/mol. The van der Waals surface area contributed by atoms with Crippen LogP contribution in [0.25, 0.3) is 11.0 Å². The van der Waals surface area contributed by atoms with Crippen LogP contribution < -0.4 is 15.7 Å². The second-order valence-electron chi connectivity index (χ2n) is 6.94. The van der Waals surface area contributed by atoms with Gasteiger partial charge in [0.2, 0.25) is 10.0 Å². The van der Waals surface area contributed by atoms with Gasteiger partial charge in [-0.15, -0.1) is 0 Å². The Hall–Kier alpha value is -2.84.